The normalized spacial score (nSPS) is 14.5. The summed E-state index contributed by atoms with van der Waals surface area (Å²) in [6, 6.07) is 0. The molecule has 16 heavy (non-hydrogen) atoms. The molecular weight excluding hydrogens is 210 g/mol. The van der Waals surface area contributed by atoms with Crippen LogP contribution in [0.2, 0.25) is 0 Å². The van der Waals surface area contributed by atoms with Gasteiger partial charge < -0.3 is 19.5 Å². The zero-order valence-corrected chi connectivity index (χ0v) is 10.7. The van der Waals surface area contributed by atoms with Crippen molar-refractivity contribution in [2.45, 2.75) is 25.3 Å². The van der Waals surface area contributed by atoms with Gasteiger partial charge in [-0.25, -0.2) is 0 Å². The molecule has 0 radical (unpaired) electrons. The number of hydrogen-bond acceptors (Lipinski definition) is 5. The quantitative estimate of drug-likeness (QED) is 0.466. The summed E-state index contributed by atoms with van der Waals surface area (Å²) in [5, 5.41) is 2.98. The summed E-state index contributed by atoms with van der Waals surface area (Å²) in [7, 11) is 4.79. The van der Waals surface area contributed by atoms with Crippen molar-refractivity contribution < 1.29 is 19.0 Å². The molecule has 5 nitrogen and oxygen atoms in total. The number of rotatable bonds is 9. The molecule has 0 heterocycles. The molecule has 0 aliphatic carbocycles. The summed E-state index contributed by atoms with van der Waals surface area (Å²) in [6.45, 7) is 3.64. The van der Waals surface area contributed by atoms with Crippen molar-refractivity contribution in [2.75, 3.05) is 41.1 Å². The fourth-order valence-electron chi connectivity index (χ4n) is 1.33. The standard InChI is InChI=1S/C11H23NO4/c1-11(12-2,10(13)15-4)6-5-7-16-9-8-14-3/h12H,5-9H2,1-4H3. The van der Waals surface area contributed by atoms with E-state index in [1.165, 1.54) is 7.11 Å². The summed E-state index contributed by atoms with van der Waals surface area (Å²) in [4.78, 5) is 11.5. The number of likely N-dealkylation sites (N-methyl/N-ethyl adjacent to an activating group) is 1. The molecule has 0 saturated carbocycles. The molecule has 1 unspecified atom stereocenters. The molecule has 5 heteroatoms. The topological polar surface area (TPSA) is 56.8 Å². The van der Waals surface area contributed by atoms with E-state index in [0.717, 1.165) is 6.42 Å². The highest BCUT2D eigenvalue weighted by Crippen LogP contribution is 2.13. The van der Waals surface area contributed by atoms with Crippen molar-refractivity contribution in [1.82, 2.24) is 5.32 Å². The second-order valence-electron chi connectivity index (χ2n) is 3.78. The fourth-order valence-corrected chi connectivity index (χ4v) is 1.33. The van der Waals surface area contributed by atoms with Gasteiger partial charge in [0.1, 0.15) is 5.54 Å². The van der Waals surface area contributed by atoms with Gasteiger partial charge in [0.05, 0.1) is 20.3 Å². The monoisotopic (exact) mass is 233 g/mol. The first-order chi connectivity index (χ1) is 7.60. The summed E-state index contributed by atoms with van der Waals surface area (Å²) < 4.78 is 14.9. The molecule has 1 N–H and O–H groups in total. The van der Waals surface area contributed by atoms with Crippen LogP contribution >= 0.6 is 0 Å². The Balaban J connectivity index is 3.74. The Kier molecular flexibility index (Phi) is 8.15. The number of methoxy groups -OCH3 is 2. The molecular formula is C11H23NO4. The van der Waals surface area contributed by atoms with Gasteiger partial charge in [-0.3, -0.25) is 4.79 Å². The van der Waals surface area contributed by atoms with Crippen LogP contribution in [0, 0.1) is 0 Å². The van der Waals surface area contributed by atoms with Crippen LogP contribution in [0.25, 0.3) is 0 Å². The van der Waals surface area contributed by atoms with Crippen molar-refractivity contribution in [3.8, 4) is 0 Å². The van der Waals surface area contributed by atoms with Gasteiger partial charge in [-0.1, -0.05) is 0 Å². The maximum Gasteiger partial charge on any atom is 0.325 e. The molecule has 0 aromatic heterocycles. The van der Waals surface area contributed by atoms with E-state index in [1.807, 2.05) is 6.92 Å². The van der Waals surface area contributed by atoms with E-state index < -0.39 is 5.54 Å². The van der Waals surface area contributed by atoms with Crippen LogP contribution in [0.15, 0.2) is 0 Å². The third-order valence-corrected chi connectivity index (χ3v) is 2.58. The molecule has 0 bridgehead atoms. The second-order valence-corrected chi connectivity index (χ2v) is 3.78. The lowest BCUT2D eigenvalue weighted by Gasteiger charge is -2.25. The van der Waals surface area contributed by atoms with Crippen LogP contribution in [0.3, 0.4) is 0 Å². The average Bonchev–Trinajstić information content (AvgIpc) is 2.32. The molecule has 0 aliphatic rings. The Morgan fingerprint density at radius 1 is 1.25 bits per heavy atom. The van der Waals surface area contributed by atoms with Crippen LogP contribution in [-0.2, 0) is 19.0 Å². The minimum atomic E-state index is -0.626. The second kappa shape index (κ2) is 8.50. The highest BCUT2D eigenvalue weighted by Gasteiger charge is 2.31. The Hall–Kier alpha value is -0.650. The number of ether oxygens (including phenoxy) is 3. The molecule has 96 valence electrons. The smallest absolute Gasteiger partial charge is 0.325 e. The first-order valence-electron chi connectivity index (χ1n) is 5.44. The summed E-state index contributed by atoms with van der Waals surface area (Å²) in [6.07, 6.45) is 1.49. The van der Waals surface area contributed by atoms with Gasteiger partial charge in [0.2, 0.25) is 0 Å². The van der Waals surface area contributed by atoms with Crippen molar-refractivity contribution in [3.63, 3.8) is 0 Å². The number of carbonyl (C=O) groups is 1. The molecule has 0 amide bonds. The van der Waals surface area contributed by atoms with E-state index >= 15 is 0 Å². The molecule has 0 aromatic carbocycles. The molecule has 0 aromatic rings. The molecule has 1 atom stereocenters. The molecule has 0 fully saturated rings. The predicted molar refractivity (Wildman–Crippen MR) is 61.4 cm³/mol. The van der Waals surface area contributed by atoms with Gasteiger partial charge in [0.25, 0.3) is 0 Å². The van der Waals surface area contributed by atoms with Crippen molar-refractivity contribution in [3.05, 3.63) is 0 Å². The maximum absolute atomic E-state index is 11.5. The third kappa shape index (κ3) is 5.44. The molecule has 0 rings (SSSR count). The van der Waals surface area contributed by atoms with Crippen molar-refractivity contribution in [1.29, 1.82) is 0 Å². The summed E-state index contributed by atoms with van der Waals surface area (Å²) in [5.74, 6) is -0.244. The van der Waals surface area contributed by atoms with E-state index in [-0.39, 0.29) is 5.97 Å². The zero-order valence-electron chi connectivity index (χ0n) is 10.7. The molecule has 0 saturated heterocycles. The number of carbonyl (C=O) groups excluding carboxylic acids is 1. The fraction of sp³-hybridized carbons (Fsp3) is 0.909. The van der Waals surface area contributed by atoms with Crippen LogP contribution in [0.4, 0.5) is 0 Å². The van der Waals surface area contributed by atoms with Crippen LogP contribution in [0.5, 0.6) is 0 Å². The predicted octanol–water partition coefficient (Wildman–Crippen LogP) is 0.581. The highest BCUT2D eigenvalue weighted by atomic mass is 16.5. The molecule has 0 spiro atoms. The minimum absolute atomic E-state index is 0.244. The van der Waals surface area contributed by atoms with Gasteiger partial charge in [-0.2, -0.15) is 0 Å². The average molecular weight is 233 g/mol. The van der Waals surface area contributed by atoms with E-state index in [9.17, 15) is 4.79 Å². The van der Waals surface area contributed by atoms with Gasteiger partial charge >= 0.3 is 5.97 Å². The van der Waals surface area contributed by atoms with Gasteiger partial charge in [0, 0.05) is 13.7 Å². The Labute approximate surface area is 97.4 Å². The lowest BCUT2D eigenvalue weighted by atomic mass is 9.96. The number of esters is 1. The van der Waals surface area contributed by atoms with Crippen LogP contribution < -0.4 is 5.32 Å². The Bertz CT molecular complexity index is 198. The maximum atomic E-state index is 11.5. The summed E-state index contributed by atoms with van der Waals surface area (Å²) in [5.41, 5.74) is -0.626. The number of nitrogens with one attached hydrogen (secondary N) is 1. The highest BCUT2D eigenvalue weighted by molar-refractivity contribution is 5.80. The first-order valence-corrected chi connectivity index (χ1v) is 5.44. The van der Waals surface area contributed by atoms with E-state index in [4.69, 9.17) is 14.2 Å². The first kappa shape index (κ1) is 15.3. The van der Waals surface area contributed by atoms with Gasteiger partial charge in [-0.05, 0) is 26.8 Å². The lowest BCUT2D eigenvalue weighted by molar-refractivity contribution is -0.148. The zero-order chi connectivity index (χ0) is 12.4. The van der Waals surface area contributed by atoms with E-state index in [1.54, 1.807) is 14.2 Å². The van der Waals surface area contributed by atoms with Crippen molar-refractivity contribution in [2.24, 2.45) is 0 Å². The van der Waals surface area contributed by atoms with Gasteiger partial charge in [-0.15, -0.1) is 0 Å². The van der Waals surface area contributed by atoms with Crippen LogP contribution in [-0.4, -0.2) is 52.6 Å². The Morgan fingerprint density at radius 2 is 1.94 bits per heavy atom. The summed E-state index contributed by atoms with van der Waals surface area (Å²) >= 11 is 0. The van der Waals surface area contributed by atoms with Crippen LogP contribution in [0.1, 0.15) is 19.8 Å². The van der Waals surface area contributed by atoms with Crippen molar-refractivity contribution >= 4 is 5.97 Å². The van der Waals surface area contributed by atoms with E-state index in [2.05, 4.69) is 5.32 Å². The Morgan fingerprint density at radius 3 is 2.44 bits per heavy atom. The largest absolute Gasteiger partial charge is 0.468 e. The SMILES string of the molecule is CNC(C)(CCCOCCOC)C(=O)OC. The molecule has 0 aliphatic heterocycles. The third-order valence-electron chi connectivity index (χ3n) is 2.58. The minimum Gasteiger partial charge on any atom is -0.468 e. The van der Waals surface area contributed by atoms with E-state index in [0.29, 0.717) is 26.2 Å². The lowest BCUT2D eigenvalue weighted by Crippen LogP contribution is -2.48. The van der Waals surface area contributed by atoms with Gasteiger partial charge in [0.15, 0.2) is 0 Å². The number of hydrogen-bond donors (Lipinski definition) is 1.